The Morgan fingerprint density at radius 2 is 1.50 bits per heavy atom. The van der Waals surface area contributed by atoms with Crippen LogP contribution in [0.2, 0.25) is 16.6 Å². The third-order valence-electron chi connectivity index (χ3n) is 5.34. The summed E-state index contributed by atoms with van der Waals surface area (Å²) < 4.78 is 16.6. The van der Waals surface area contributed by atoms with Gasteiger partial charge in [0.2, 0.25) is 8.32 Å². The van der Waals surface area contributed by atoms with Gasteiger partial charge in [0.05, 0.1) is 0 Å². The van der Waals surface area contributed by atoms with Crippen molar-refractivity contribution in [2.75, 3.05) is 0 Å². The van der Waals surface area contributed by atoms with Crippen LogP contribution in [0.15, 0.2) is 24.5 Å². The fourth-order valence-corrected chi connectivity index (χ4v) is 10.1. The fourth-order valence-electron chi connectivity index (χ4n) is 4.49. The van der Waals surface area contributed by atoms with Crippen LogP contribution in [0.1, 0.15) is 76.0 Å². The van der Waals surface area contributed by atoms with Crippen LogP contribution >= 0.6 is 0 Å². The van der Waals surface area contributed by atoms with Gasteiger partial charge in [0.25, 0.3) is 0 Å². The second-order valence-electron chi connectivity index (χ2n) is 8.14. The fraction of sp³-hybridized carbons (Fsp3) is 0.800. The summed E-state index contributed by atoms with van der Waals surface area (Å²) in [5.74, 6) is 0. The minimum absolute atomic E-state index is 0.0509. The summed E-state index contributed by atoms with van der Waals surface area (Å²) >= 11 is 0. The Labute approximate surface area is 152 Å². The molecule has 1 rings (SSSR count). The van der Waals surface area contributed by atoms with E-state index < -0.39 is 14.0 Å². The summed E-state index contributed by atoms with van der Waals surface area (Å²) in [5.41, 5.74) is 0.481. The van der Waals surface area contributed by atoms with Gasteiger partial charge >= 0.3 is 0 Å². The van der Waals surface area contributed by atoms with E-state index in [1.165, 1.54) is 0 Å². The van der Waals surface area contributed by atoms with Crippen LogP contribution in [-0.2, 0) is 10.2 Å². The van der Waals surface area contributed by atoms with Crippen LogP contribution in [0.4, 0.5) is 0 Å². The normalized spacial score (nSPS) is 18.8. The topological polar surface area (TPSA) is 34.4 Å². The van der Waals surface area contributed by atoms with E-state index in [4.69, 9.17) is 5.80 Å². The first-order chi connectivity index (χ1) is 11.5. The maximum Gasteiger partial charge on any atom is 0.200 e. The molecule has 1 aromatic rings. The van der Waals surface area contributed by atoms with Crippen LogP contribution in [0.5, 0.6) is 0 Å². The van der Waals surface area contributed by atoms with Crippen LogP contribution in [0.3, 0.4) is 0 Å². The van der Waals surface area contributed by atoms with Gasteiger partial charge in [-0.1, -0.05) is 54.9 Å². The first-order valence-corrected chi connectivity index (χ1v) is 11.6. The Bertz CT molecular complexity index is 480. The van der Waals surface area contributed by atoms with E-state index in [1.54, 1.807) is 0 Å². The molecule has 0 spiro atoms. The zero-order valence-electron chi connectivity index (χ0n) is 17.9. The summed E-state index contributed by atoms with van der Waals surface area (Å²) in [4.78, 5) is 0. The van der Waals surface area contributed by atoms with Crippen LogP contribution in [-0.4, -0.2) is 24.1 Å². The van der Waals surface area contributed by atoms with Gasteiger partial charge < -0.3 is 14.1 Å². The van der Waals surface area contributed by atoms with Crippen molar-refractivity contribution in [3.63, 3.8) is 0 Å². The molecule has 1 N–H and O–H groups in total. The average molecular weight is 355 g/mol. The van der Waals surface area contributed by atoms with Gasteiger partial charge in [-0.15, -0.1) is 0 Å². The lowest BCUT2D eigenvalue weighted by Crippen LogP contribution is -2.51. The first kappa shape index (κ1) is 19.7. The number of aliphatic hydroxyl groups is 1. The number of hydrogen-bond donors (Lipinski definition) is 1. The smallest absolute Gasteiger partial charge is 0.200 e. The maximum atomic E-state index is 11.3. The number of aromatic nitrogens is 1. The molecule has 0 bridgehead atoms. The summed E-state index contributed by atoms with van der Waals surface area (Å²) in [6, 6.07) is 3.83. The molecular weight excluding hydrogens is 314 g/mol. The molecule has 4 heteroatoms. The molecule has 0 radical (unpaired) electrons. The Morgan fingerprint density at radius 3 is 1.88 bits per heavy atom. The van der Waals surface area contributed by atoms with E-state index in [0.29, 0.717) is 29.5 Å². The molecule has 0 aromatic carbocycles. The van der Waals surface area contributed by atoms with Gasteiger partial charge in [-0.25, -0.2) is 0 Å². The van der Waals surface area contributed by atoms with Crippen molar-refractivity contribution in [2.45, 2.75) is 103 Å². The van der Waals surface area contributed by atoms with E-state index in [-0.39, 0.29) is 12.5 Å². The molecule has 0 aliphatic carbocycles. The van der Waals surface area contributed by atoms with Gasteiger partial charge in [0.1, 0.15) is 5.72 Å². The average Bonchev–Trinajstić information content (AvgIpc) is 2.97. The highest BCUT2D eigenvalue weighted by atomic mass is 28.4. The molecule has 140 valence electrons. The predicted octanol–water partition coefficient (Wildman–Crippen LogP) is 5.90. The molecule has 24 heavy (non-hydrogen) atoms. The molecule has 0 amide bonds. The Hall–Kier alpha value is -0.583. The van der Waals surface area contributed by atoms with E-state index in [1.807, 2.05) is 36.0 Å². The Kier molecular flexibility index (Phi) is 7.14. The van der Waals surface area contributed by atoms with E-state index in [0.717, 1.165) is 0 Å². The maximum absolute atomic E-state index is 11.3. The molecule has 1 aromatic heterocycles. The molecule has 3 unspecified atom stereocenters. The van der Waals surface area contributed by atoms with Crippen LogP contribution < -0.4 is 0 Å². The van der Waals surface area contributed by atoms with Crippen molar-refractivity contribution in [2.24, 2.45) is 0 Å². The third-order valence-corrected chi connectivity index (χ3v) is 11.6. The zero-order chi connectivity index (χ0) is 19.4. The van der Waals surface area contributed by atoms with Crippen molar-refractivity contribution in [1.82, 2.24) is 4.57 Å². The van der Waals surface area contributed by atoms with E-state index in [2.05, 4.69) is 48.5 Å². The molecule has 1 heterocycles. The quantitative estimate of drug-likeness (QED) is 0.530. The standard InChI is InChI=1S/C20H39NO2Si/c1-9-12-20(22,21-13-10-11-14-21)15-19(8)23-24(16(2)3,17(4)5)18(6)7/h10-11,13-14,16-19,22H,9,12,15H2,1-8H3/i9D. The number of rotatable bonds is 10. The van der Waals surface area contributed by atoms with Gasteiger partial charge in [-0.3, -0.25) is 0 Å². The highest BCUT2D eigenvalue weighted by Crippen LogP contribution is 2.44. The van der Waals surface area contributed by atoms with Crippen LogP contribution in [0, 0.1) is 0 Å². The highest BCUT2D eigenvalue weighted by molar-refractivity contribution is 6.77. The Morgan fingerprint density at radius 1 is 1.04 bits per heavy atom. The second kappa shape index (κ2) is 8.68. The van der Waals surface area contributed by atoms with Crippen molar-refractivity contribution < 1.29 is 10.9 Å². The minimum Gasteiger partial charge on any atom is -0.413 e. The summed E-state index contributed by atoms with van der Waals surface area (Å²) in [7, 11) is -1.98. The third kappa shape index (κ3) is 4.53. The van der Waals surface area contributed by atoms with E-state index in [9.17, 15) is 5.11 Å². The predicted molar refractivity (Wildman–Crippen MR) is 106 cm³/mol. The largest absolute Gasteiger partial charge is 0.413 e. The van der Waals surface area contributed by atoms with Gasteiger partial charge in [-0.05, 0) is 42.1 Å². The number of nitrogens with zero attached hydrogens (tertiary/aromatic N) is 1. The molecule has 3 atom stereocenters. The van der Waals surface area contributed by atoms with Crippen molar-refractivity contribution in [3.05, 3.63) is 24.5 Å². The summed E-state index contributed by atoms with van der Waals surface area (Å²) in [6.45, 7) is 17.6. The lowest BCUT2D eigenvalue weighted by Gasteiger charge is -2.45. The second-order valence-corrected chi connectivity index (χ2v) is 13.5. The first-order valence-electron chi connectivity index (χ1n) is 9.99. The lowest BCUT2D eigenvalue weighted by molar-refractivity contribution is -0.0774. The lowest BCUT2D eigenvalue weighted by atomic mass is 10.0. The minimum atomic E-state index is -1.98. The van der Waals surface area contributed by atoms with Gasteiger partial charge in [0, 0.05) is 26.3 Å². The summed E-state index contributed by atoms with van der Waals surface area (Å²) in [6.07, 6.45) is 4.29. The molecule has 0 aliphatic heterocycles. The molecule has 0 saturated heterocycles. The number of hydrogen-bond acceptors (Lipinski definition) is 2. The van der Waals surface area contributed by atoms with Crippen LogP contribution in [0.25, 0.3) is 0 Å². The van der Waals surface area contributed by atoms with Crippen molar-refractivity contribution in [1.29, 1.82) is 0 Å². The van der Waals surface area contributed by atoms with Gasteiger partial charge in [-0.2, -0.15) is 0 Å². The molecule has 0 aliphatic rings. The highest BCUT2D eigenvalue weighted by Gasteiger charge is 2.46. The zero-order valence-corrected chi connectivity index (χ0v) is 17.9. The SMILES string of the molecule is [2H]C(C)CC(O)(CC(C)O[Si](C(C)C)(C(C)C)C(C)C)n1cccc1. The monoisotopic (exact) mass is 354 g/mol. The van der Waals surface area contributed by atoms with E-state index >= 15 is 0 Å². The Balaban J connectivity index is 3.05. The molecule has 0 saturated carbocycles. The van der Waals surface area contributed by atoms with Gasteiger partial charge in [0.15, 0.2) is 0 Å². The van der Waals surface area contributed by atoms with Crippen molar-refractivity contribution >= 4 is 8.32 Å². The molecule has 0 fully saturated rings. The summed E-state index contributed by atoms with van der Waals surface area (Å²) in [5, 5.41) is 11.3. The molecule has 3 nitrogen and oxygen atoms in total. The van der Waals surface area contributed by atoms with Crippen molar-refractivity contribution in [3.8, 4) is 0 Å². The molecular formula is C20H39NO2Si.